The predicted molar refractivity (Wildman–Crippen MR) is 70.9 cm³/mol. The Labute approximate surface area is 106 Å². The Morgan fingerprint density at radius 1 is 1.44 bits per heavy atom. The van der Waals surface area contributed by atoms with E-state index >= 15 is 0 Å². The van der Waals surface area contributed by atoms with Gasteiger partial charge in [-0.15, -0.1) is 0 Å². The van der Waals surface area contributed by atoms with E-state index in [1.165, 1.54) is 4.90 Å². The van der Waals surface area contributed by atoms with Crippen molar-refractivity contribution < 1.29 is 9.90 Å². The quantitative estimate of drug-likeness (QED) is 0.866. The molecular formula is C13H17N3O2. The summed E-state index contributed by atoms with van der Waals surface area (Å²) in [5, 5.41) is 8.90. The van der Waals surface area contributed by atoms with E-state index in [4.69, 9.17) is 5.11 Å². The van der Waals surface area contributed by atoms with E-state index in [1.54, 1.807) is 12.3 Å². The summed E-state index contributed by atoms with van der Waals surface area (Å²) in [6, 6.07) is 2.04. The summed E-state index contributed by atoms with van der Waals surface area (Å²) in [6.07, 6.45) is 2.71. The number of aromatic nitrogens is 1. The standard InChI is InChI=1S/C13H17N3O2/c1-3-11-8-10(2)12(14-9-11)15-4-6-16(7-5-15)13(17)18/h3,8-9H,1,4-7H2,2H3,(H,17,18). The van der Waals surface area contributed by atoms with Crippen LogP contribution in [0.5, 0.6) is 0 Å². The lowest BCUT2D eigenvalue weighted by atomic mass is 10.2. The molecule has 0 aliphatic carbocycles. The molecule has 2 heterocycles. The average molecular weight is 247 g/mol. The van der Waals surface area contributed by atoms with Gasteiger partial charge in [0.25, 0.3) is 0 Å². The predicted octanol–water partition coefficient (Wildman–Crippen LogP) is 1.83. The summed E-state index contributed by atoms with van der Waals surface area (Å²) in [5.41, 5.74) is 2.09. The van der Waals surface area contributed by atoms with Gasteiger partial charge in [0.15, 0.2) is 0 Å². The molecule has 96 valence electrons. The number of carboxylic acid groups (broad SMARTS) is 1. The Morgan fingerprint density at radius 2 is 2.11 bits per heavy atom. The molecule has 0 spiro atoms. The number of anilines is 1. The third-order valence-electron chi connectivity index (χ3n) is 3.16. The first-order valence-corrected chi connectivity index (χ1v) is 5.93. The van der Waals surface area contributed by atoms with Gasteiger partial charge in [-0.05, 0) is 24.1 Å². The van der Waals surface area contributed by atoms with Crippen molar-refractivity contribution in [2.75, 3.05) is 31.1 Å². The van der Waals surface area contributed by atoms with Crippen molar-refractivity contribution in [3.05, 3.63) is 30.0 Å². The minimum Gasteiger partial charge on any atom is -0.465 e. The SMILES string of the molecule is C=Cc1cnc(N2CCN(C(=O)O)CC2)c(C)c1. The lowest BCUT2D eigenvalue weighted by molar-refractivity contribution is 0.142. The summed E-state index contributed by atoms with van der Waals surface area (Å²) in [6.45, 7) is 8.16. The first-order chi connectivity index (χ1) is 8.61. The highest BCUT2D eigenvalue weighted by Gasteiger charge is 2.21. The van der Waals surface area contributed by atoms with Crippen LogP contribution in [-0.4, -0.2) is 47.3 Å². The van der Waals surface area contributed by atoms with Crippen molar-refractivity contribution >= 4 is 18.0 Å². The molecule has 1 amide bonds. The Kier molecular flexibility index (Phi) is 3.50. The van der Waals surface area contributed by atoms with Gasteiger partial charge in [0.2, 0.25) is 0 Å². The zero-order chi connectivity index (χ0) is 13.1. The van der Waals surface area contributed by atoms with Crippen molar-refractivity contribution in [2.45, 2.75) is 6.92 Å². The number of amides is 1. The second-order valence-corrected chi connectivity index (χ2v) is 4.37. The molecule has 0 bridgehead atoms. The summed E-state index contributed by atoms with van der Waals surface area (Å²) in [5.74, 6) is 0.936. The number of hydrogen-bond donors (Lipinski definition) is 1. The number of aryl methyl sites for hydroxylation is 1. The molecule has 18 heavy (non-hydrogen) atoms. The van der Waals surface area contributed by atoms with Gasteiger partial charge in [-0.25, -0.2) is 9.78 Å². The fraction of sp³-hybridized carbons (Fsp3) is 0.385. The maximum absolute atomic E-state index is 10.8. The second kappa shape index (κ2) is 5.08. The van der Waals surface area contributed by atoms with Gasteiger partial charge in [-0.1, -0.05) is 12.7 Å². The molecule has 1 aliphatic rings. The number of pyridine rings is 1. The molecule has 1 aromatic rings. The summed E-state index contributed by atoms with van der Waals surface area (Å²) >= 11 is 0. The Balaban J connectivity index is 2.10. The van der Waals surface area contributed by atoms with Gasteiger partial charge >= 0.3 is 6.09 Å². The van der Waals surface area contributed by atoms with Crippen molar-refractivity contribution in [2.24, 2.45) is 0 Å². The minimum absolute atomic E-state index is 0.527. The molecule has 5 heteroatoms. The first kappa shape index (κ1) is 12.4. The van der Waals surface area contributed by atoms with Crippen LogP contribution >= 0.6 is 0 Å². The number of carbonyl (C=O) groups is 1. The molecule has 1 fully saturated rings. The third kappa shape index (κ3) is 2.45. The van der Waals surface area contributed by atoms with Crippen LogP contribution in [0.2, 0.25) is 0 Å². The zero-order valence-electron chi connectivity index (χ0n) is 10.5. The highest BCUT2D eigenvalue weighted by Crippen LogP contribution is 2.19. The number of rotatable bonds is 2. The minimum atomic E-state index is -0.846. The molecular weight excluding hydrogens is 230 g/mol. The van der Waals surface area contributed by atoms with Crippen LogP contribution in [-0.2, 0) is 0 Å². The summed E-state index contributed by atoms with van der Waals surface area (Å²) in [4.78, 5) is 18.8. The monoisotopic (exact) mass is 247 g/mol. The maximum Gasteiger partial charge on any atom is 0.407 e. The van der Waals surface area contributed by atoms with Gasteiger partial charge in [-0.3, -0.25) is 0 Å². The van der Waals surface area contributed by atoms with Crippen molar-refractivity contribution in [3.8, 4) is 0 Å². The number of nitrogens with zero attached hydrogens (tertiary/aromatic N) is 3. The van der Waals surface area contributed by atoms with Crippen LogP contribution in [0.1, 0.15) is 11.1 Å². The Hall–Kier alpha value is -2.04. The van der Waals surface area contributed by atoms with Crippen molar-refractivity contribution in [1.82, 2.24) is 9.88 Å². The Bertz CT molecular complexity index is 465. The fourth-order valence-electron chi connectivity index (χ4n) is 2.14. The molecule has 1 saturated heterocycles. The molecule has 0 radical (unpaired) electrons. The Morgan fingerprint density at radius 3 is 2.61 bits per heavy atom. The molecule has 1 aliphatic heterocycles. The highest BCUT2D eigenvalue weighted by atomic mass is 16.4. The van der Waals surface area contributed by atoms with Crippen molar-refractivity contribution in [3.63, 3.8) is 0 Å². The van der Waals surface area contributed by atoms with Crippen LogP contribution in [0.25, 0.3) is 6.08 Å². The molecule has 1 aromatic heterocycles. The van der Waals surface area contributed by atoms with Gasteiger partial charge in [0.1, 0.15) is 5.82 Å². The first-order valence-electron chi connectivity index (χ1n) is 5.93. The maximum atomic E-state index is 10.8. The smallest absolute Gasteiger partial charge is 0.407 e. The van der Waals surface area contributed by atoms with E-state index in [2.05, 4.69) is 16.5 Å². The zero-order valence-corrected chi connectivity index (χ0v) is 10.5. The van der Waals surface area contributed by atoms with Crippen LogP contribution in [0, 0.1) is 6.92 Å². The van der Waals surface area contributed by atoms with Crippen molar-refractivity contribution in [1.29, 1.82) is 0 Å². The average Bonchev–Trinajstić information content (AvgIpc) is 2.38. The molecule has 0 aromatic carbocycles. The summed E-state index contributed by atoms with van der Waals surface area (Å²) < 4.78 is 0. The molecule has 0 saturated carbocycles. The lowest BCUT2D eigenvalue weighted by Crippen LogP contribution is -2.48. The third-order valence-corrected chi connectivity index (χ3v) is 3.16. The normalized spacial score (nSPS) is 15.6. The topological polar surface area (TPSA) is 56.7 Å². The van der Waals surface area contributed by atoms with E-state index < -0.39 is 6.09 Å². The van der Waals surface area contributed by atoms with Crippen LogP contribution in [0.4, 0.5) is 10.6 Å². The van der Waals surface area contributed by atoms with E-state index in [0.29, 0.717) is 26.2 Å². The number of piperazine rings is 1. The second-order valence-electron chi connectivity index (χ2n) is 4.37. The van der Waals surface area contributed by atoms with Crippen LogP contribution in [0.15, 0.2) is 18.8 Å². The molecule has 2 rings (SSSR count). The van der Waals surface area contributed by atoms with Crippen LogP contribution < -0.4 is 4.90 Å². The number of hydrogen-bond acceptors (Lipinski definition) is 3. The molecule has 1 N–H and O–H groups in total. The molecule has 0 atom stereocenters. The van der Waals surface area contributed by atoms with Gasteiger partial charge < -0.3 is 14.9 Å². The summed E-state index contributed by atoms with van der Waals surface area (Å²) in [7, 11) is 0. The van der Waals surface area contributed by atoms with Gasteiger partial charge in [0.05, 0.1) is 0 Å². The van der Waals surface area contributed by atoms with Gasteiger partial charge in [-0.2, -0.15) is 0 Å². The fourth-order valence-corrected chi connectivity index (χ4v) is 2.14. The van der Waals surface area contributed by atoms with E-state index in [9.17, 15) is 4.79 Å². The van der Waals surface area contributed by atoms with E-state index in [-0.39, 0.29) is 0 Å². The van der Waals surface area contributed by atoms with Gasteiger partial charge in [0, 0.05) is 32.4 Å². The van der Waals surface area contributed by atoms with Crippen LogP contribution in [0.3, 0.4) is 0 Å². The molecule has 0 unspecified atom stereocenters. The highest BCUT2D eigenvalue weighted by molar-refractivity contribution is 5.65. The largest absolute Gasteiger partial charge is 0.465 e. The van der Waals surface area contributed by atoms with E-state index in [0.717, 1.165) is 16.9 Å². The molecule has 5 nitrogen and oxygen atoms in total. The lowest BCUT2D eigenvalue weighted by Gasteiger charge is -2.34. The van der Waals surface area contributed by atoms with E-state index in [1.807, 2.05) is 13.0 Å².